The quantitative estimate of drug-likeness (QED) is 0.571. The van der Waals surface area contributed by atoms with Gasteiger partial charge in [0.05, 0.1) is 17.8 Å². The highest BCUT2D eigenvalue weighted by molar-refractivity contribution is 9.11. The van der Waals surface area contributed by atoms with Crippen LogP contribution in [0.15, 0.2) is 46.9 Å². The topological polar surface area (TPSA) is 56.4 Å². The standard InChI is InChI=1S/C21H22BrF3N4O/c1-12-8-13(2-5-16(12)20(30)28-15-3-4-15)18-10-27-19-17(9-14(22)11-29(18)19)26-7-6-21(23,24)25/h2,5,8-11,15,19,26-27H,3-4,6-7H2,1H3,(H,28,30). The summed E-state index contributed by atoms with van der Waals surface area (Å²) in [6, 6.07) is 5.96. The van der Waals surface area contributed by atoms with Gasteiger partial charge in [-0.15, -0.1) is 0 Å². The summed E-state index contributed by atoms with van der Waals surface area (Å²) in [7, 11) is 0. The van der Waals surface area contributed by atoms with Crippen molar-refractivity contribution in [1.29, 1.82) is 0 Å². The lowest BCUT2D eigenvalue weighted by Gasteiger charge is -2.32. The van der Waals surface area contributed by atoms with Crippen molar-refractivity contribution in [3.8, 4) is 0 Å². The van der Waals surface area contributed by atoms with E-state index in [4.69, 9.17) is 0 Å². The van der Waals surface area contributed by atoms with Gasteiger partial charge in [-0.2, -0.15) is 13.2 Å². The van der Waals surface area contributed by atoms with E-state index in [2.05, 4.69) is 31.9 Å². The van der Waals surface area contributed by atoms with E-state index >= 15 is 0 Å². The zero-order valence-corrected chi connectivity index (χ0v) is 17.9. The molecule has 2 heterocycles. The van der Waals surface area contributed by atoms with Crippen LogP contribution in [0.3, 0.4) is 0 Å². The molecule has 0 bridgehead atoms. The zero-order valence-electron chi connectivity index (χ0n) is 16.3. The molecule has 9 heteroatoms. The van der Waals surface area contributed by atoms with Gasteiger partial charge in [0.2, 0.25) is 0 Å². The van der Waals surface area contributed by atoms with E-state index < -0.39 is 12.6 Å². The van der Waals surface area contributed by atoms with Crippen LogP contribution in [-0.2, 0) is 0 Å². The highest BCUT2D eigenvalue weighted by atomic mass is 79.9. The third-order valence-electron chi connectivity index (χ3n) is 5.20. The predicted octanol–water partition coefficient (Wildman–Crippen LogP) is 4.09. The lowest BCUT2D eigenvalue weighted by molar-refractivity contribution is -0.133. The minimum absolute atomic E-state index is 0.0577. The molecule has 1 aromatic rings. The van der Waals surface area contributed by atoms with Crippen molar-refractivity contribution < 1.29 is 18.0 Å². The minimum Gasteiger partial charge on any atom is -0.385 e. The highest BCUT2D eigenvalue weighted by Crippen LogP contribution is 2.34. The first-order valence-electron chi connectivity index (χ1n) is 9.77. The largest absolute Gasteiger partial charge is 0.390 e. The number of carbonyl (C=O) groups is 1. The summed E-state index contributed by atoms with van der Waals surface area (Å²) in [5.41, 5.74) is 3.96. The Morgan fingerprint density at radius 2 is 2.10 bits per heavy atom. The molecular formula is C21H22BrF3N4O. The van der Waals surface area contributed by atoms with Gasteiger partial charge in [-0.1, -0.05) is 6.07 Å². The summed E-state index contributed by atoms with van der Waals surface area (Å²) >= 11 is 3.44. The van der Waals surface area contributed by atoms with Crippen molar-refractivity contribution in [2.75, 3.05) is 6.54 Å². The number of nitrogens with zero attached hydrogens (tertiary/aromatic N) is 1. The zero-order chi connectivity index (χ0) is 21.5. The van der Waals surface area contributed by atoms with Crippen LogP contribution in [0, 0.1) is 6.92 Å². The molecule has 1 atom stereocenters. The van der Waals surface area contributed by atoms with Crippen molar-refractivity contribution in [1.82, 2.24) is 20.9 Å². The van der Waals surface area contributed by atoms with Crippen LogP contribution in [0.2, 0.25) is 0 Å². The molecule has 2 aliphatic heterocycles. The summed E-state index contributed by atoms with van der Waals surface area (Å²) in [6.45, 7) is 1.71. The van der Waals surface area contributed by atoms with Gasteiger partial charge in [0.25, 0.3) is 5.91 Å². The Morgan fingerprint density at radius 3 is 2.77 bits per heavy atom. The maximum atomic E-state index is 12.5. The Balaban J connectivity index is 1.48. The van der Waals surface area contributed by atoms with Crippen LogP contribution in [-0.4, -0.2) is 35.7 Å². The van der Waals surface area contributed by atoms with E-state index in [1.165, 1.54) is 0 Å². The number of amides is 1. The van der Waals surface area contributed by atoms with Gasteiger partial charge in [-0.05, 0) is 65.0 Å². The first kappa shape index (κ1) is 20.8. The number of hydrogen-bond acceptors (Lipinski definition) is 4. The molecule has 0 radical (unpaired) electrons. The number of benzene rings is 1. The predicted molar refractivity (Wildman–Crippen MR) is 112 cm³/mol. The lowest BCUT2D eigenvalue weighted by Crippen LogP contribution is -2.42. The molecule has 1 aliphatic carbocycles. The molecule has 160 valence electrons. The molecule has 0 saturated heterocycles. The summed E-state index contributed by atoms with van der Waals surface area (Å²) in [4.78, 5) is 14.3. The van der Waals surface area contributed by atoms with Crippen molar-refractivity contribution in [3.63, 3.8) is 0 Å². The second-order valence-corrected chi connectivity index (χ2v) is 8.60. The fraction of sp³-hybridized carbons (Fsp3) is 0.381. The summed E-state index contributed by atoms with van der Waals surface area (Å²) in [6.07, 6.45) is 2.15. The summed E-state index contributed by atoms with van der Waals surface area (Å²) in [5, 5.41) is 9.11. The summed E-state index contributed by atoms with van der Waals surface area (Å²) in [5.74, 6) is -0.0577. The molecule has 30 heavy (non-hydrogen) atoms. The van der Waals surface area contributed by atoms with Crippen molar-refractivity contribution in [3.05, 3.63) is 63.5 Å². The molecule has 1 saturated carbocycles. The Morgan fingerprint density at radius 1 is 1.33 bits per heavy atom. The number of nitrogens with one attached hydrogen (secondary N) is 3. The lowest BCUT2D eigenvalue weighted by atomic mass is 10.0. The van der Waals surface area contributed by atoms with Gasteiger partial charge in [0.1, 0.15) is 6.17 Å². The average Bonchev–Trinajstić information content (AvgIpc) is 3.36. The third kappa shape index (κ3) is 4.66. The van der Waals surface area contributed by atoms with Crippen molar-refractivity contribution in [2.45, 2.75) is 44.6 Å². The molecule has 0 aromatic heterocycles. The fourth-order valence-corrected chi connectivity index (χ4v) is 4.00. The summed E-state index contributed by atoms with van der Waals surface area (Å²) < 4.78 is 38.2. The molecule has 1 fully saturated rings. The van der Waals surface area contributed by atoms with Crippen molar-refractivity contribution >= 4 is 27.5 Å². The normalized spacial score (nSPS) is 20.6. The van der Waals surface area contributed by atoms with E-state index in [0.29, 0.717) is 17.3 Å². The average molecular weight is 483 g/mol. The second-order valence-electron chi connectivity index (χ2n) is 7.69. The smallest absolute Gasteiger partial charge is 0.385 e. The molecule has 4 rings (SSSR count). The van der Waals surface area contributed by atoms with Gasteiger partial charge < -0.3 is 20.9 Å². The van der Waals surface area contributed by atoms with Crippen LogP contribution in [0.4, 0.5) is 13.2 Å². The number of rotatable bonds is 6. The van der Waals surface area contributed by atoms with Crippen molar-refractivity contribution in [2.24, 2.45) is 0 Å². The van der Waals surface area contributed by atoms with Gasteiger partial charge in [0, 0.05) is 35.0 Å². The molecule has 1 aromatic carbocycles. The molecule has 5 nitrogen and oxygen atoms in total. The first-order chi connectivity index (χ1) is 14.2. The SMILES string of the molecule is Cc1cc(C2=CNC3C(NCCC(F)(F)F)=CC(Br)=CN23)ccc1C(=O)NC1CC1. The fourth-order valence-electron chi connectivity index (χ4n) is 3.53. The molecule has 3 N–H and O–H groups in total. The first-order valence-corrected chi connectivity index (χ1v) is 10.6. The Hall–Kier alpha value is -2.42. The number of allylic oxidation sites excluding steroid dienone is 2. The number of aryl methyl sites for hydroxylation is 1. The number of hydrogen-bond donors (Lipinski definition) is 3. The van der Waals surface area contributed by atoms with Crippen LogP contribution in [0.25, 0.3) is 5.70 Å². The van der Waals surface area contributed by atoms with Crippen LogP contribution in [0.5, 0.6) is 0 Å². The van der Waals surface area contributed by atoms with Gasteiger partial charge >= 0.3 is 6.18 Å². The molecular weight excluding hydrogens is 461 g/mol. The third-order valence-corrected chi connectivity index (χ3v) is 5.64. The molecule has 3 aliphatic rings. The van der Waals surface area contributed by atoms with E-state index in [0.717, 1.165) is 34.1 Å². The van der Waals surface area contributed by atoms with E-state index in [1.54, 1.807) is 6.08 Å². The van der Waals surface area contributed by atoms with E-state index in [-0.39, 0.29) is 18.6 Å². The van der Waals surface area contributed by atoms with Gasteiger partial charge in [0.15, 0.2) is 0 Å². The maximum Gasteiger partial charge on any atom is 0.390 e. The number of fused-ring (bicyclic) bond motifs is 1. The highest BCUT2D eigenvalue weighted by Gasteiger charge is 2.33. The molecule has 1 amide bonds. The number of carbonyl (C=O) groups excluding carboxylic acids is 1. The van der Waals surface area contributed by atoms with E-state index in [9.17, 15) is 18.0 Å². The maximum absolute atomic E-state index is 12.5. The van der Waals surface area contributed by atoms with Crippen LogP contribution < -0.4 is 16.0 Å². The van der Waals surface area contributed by atoms with E-state index in [1.807, 2.05) is 42.4 Å². The molecule has 1 unspecified atom stereocenters. The van der Waals surface area contributed by atoms with Crippen LogP contribution >= 0.6 is 15.9 Å². The van der Waals surface area contributed by atoms with Gasteiger partial charge in [-0.3, -0.25) is 4.79 Å². The Bertz CT molecular complexity index is 950. The second kappa shape index (κ2) is 8.02. The number of alkyl halides is 3. The minimum atomic E-state index is -4.20. The molecule has 0 spiro atoms. The van der Waals surface area contributed by atoms with Gasteiger partial charge in [-0.25, -0.2) is 0 Å². The van der Waals surface area contributed by atoms with Crippen LogP contribution in [0.1, 0.15) is 40.7 Å². The monoisotopic (exact) mass is 482 g/mol. The Labute approximate surface area is 181 Å². The number of halogens is 4. The Kier molecular flexibility index (Phi) is 5.57.